The predicted molar refractivity (Wildman–Crippen MR) is 138 cm³/mol. The van der Waals surface area contributed by atoms with Gasteiger partial charge in [0.25, 0.3) is 5.56 Å². The molecule has 176 valence electrons. The van der Waals surface area contributed by atoms with Crippen LogP contribution in [0.1, 0.15) is 17.5 Å². The summed E-state index contributed by atoms with van der Waals surface area (Å²) in [5.74, 6) is 0. The molecular formula is C29H27N3O3. The summed E-state index contributed by atoms with van der Waals surface area (Å²) in [5.41, 5.74) is 5.39. The van der Waals surface area contributed by atoms with E-state index in [0.717, 1.165) is 46.5 Å². The molecule has 1 fully saturated rings. The van der Waals surface area contributed by atoms with E-state index in [4.69, 9.17) is 10.00 Å². The van der Waals surface area contributed by atoms with E-state index in [1.165, 1.54) is 0 Å². The first kappa shape index (κ1) is 22.9. The van der Waals surface area contributed by atoms with Gasteiger partial charge in [-0.15, -0.1) is 0 Å². The monoisotopic (exact) mass is 465 g/mol. The highest BCUT2D eigenvalue weighted by atomic mass is 16.5. The maximum absolute atomic E-state index is 13.5. The van der Waals surface area contributed by atoms with Gasteiger partial charge < -0.3 is 14.7 Å². The zero-order valence-electron chi connectivity index (χ0n) is 19.6. The fourth-order valence-electron chi connectivity index (χ4n) is 4.86. The summed E-state index contributed by atoms with van der Waals surface area (Å²) in [7, 11) is 0. The predicted octanol–water partition coefficient (Wildman–Crippen LogP) is 4.43. The number of fused-ring (bicyclic) bond motifs is 1. The summed E-state index contributed by atoms with van der Waals surface area (Å²) in [6.07, 6.45) is 2.56. The molecule has 2 heterocycles. The van der Waals surface area contributed by atoms with Gasteiger partial charge in [-0.2, -0.15) is 5.26 Å². The van der Waals surface area contributed by atoms with Crippen molar-refractivity contribution in [1.82, 2.24) is 4.57 Å². The summed E-state index contributed by atoms with van der Waals surface area (Å²) in [4.78, 5) is 15.8. The van der Waals surface area contributed by atoms with Crippen LogP contribution in [0.4, 0.5) is 5.69 Å². The van der Waals surface area contributed by atoms with Gasteiger partial charge in [-0.3, -0.25) is 9.36 Å². The van der Waals surface area contributed by atoms with E-state index in [9.17, 15) is 9.90 Å². The fraction of sp³-hybridized carbons (Fsp3) is 0.241. The van der Waals surface area contributed by atoms with E-state index in [1.807, 2.05) is 67.7 Å². The van der Waals surface area contributed by atoms with Crippen molar-refractivity contribution in [2.24, 2.45) is 0 Å². The molecule has 4 aromatic rings. The van der Waals surface area contributed by atoms with Gasteiger partial charge in [0.05, 0.1) is 24.3 Å². The third-order valence-electron chi connectivity index (χ3n) is 6.64. The van der Waals surface area contributed by atoms with Crippen molar-refractivity contribution >= 4 is 16.5 Å². The van der Waals surface area contributed by atoms with Crippen LogP contribution in [0.2, 0.25) is 0 Å². The second kappa shape index (κ2) is 9.75. The van der Waals surface area contributed by atoms with Crippen LogP contribution in [0, 0.1) is 18.3 Å². The van der Waals surface area contributed by atoms with Crippen molar-refractivity contribution in [2.75, 3.05) is 31.2 Å². The Morgan fingerprint density at radius 2 is 1.80 bits per heavy atom. The largest absolute Gasteiger partial charge is 0.396 e. The molecule has 35 heavy (non-hydrogen) atoms. The maximum Gasteiger partial charge on any atom is 0.262 e. The Balaban J connectivity index is 1.50. The molecule has 6 heteroatoms. The molecule has 1 atom stereocenters. The van der Waals surface area contributed by atoms with E-state index in [-0.39, 0.29) is 18.3 Å². The number of hydrogen-bond acceptors (Lipinski definition) is 5. The molecule has 1 aliphatic heterocycles. The minimum absolute atomic E-state index is 0.0319. The lowest BCUT2D eigenvalue weighted by molar-refractivity contribution is 0.0247. The number of pyridine rings is 1. The minimum atomic E-state index is -0.0665. The number of ether oxygens (including phenoxy) is 1. The molecule has 3 aromatic carbocycles. The van der Waals surface area contributed by atoms with Gasteiger partial charge in [-0.25, -0.2) is 0 Å². The average Bonchev–Trinajstić information content (AvgIpc) is 2.91. The first-order valence-corrected chi connectivity index (χ1v) is 11.8. The van der Waals surface area contributed by atoms with Crippen LogP contribution in [0.25, 0.3) is 27.6 Å². The molecule has 0 saturated carbocycles. The Labute approximate surface area is 204 Å². The van der Waals surface area contributed by atoms with Crippen LogP contribution in [-0.2, 0) is 4.74 Å². The third kappa shape index (κ3) is 4.44. The number of hydrogen-bond donors (Lipinski definition) is 1. The van der Waals surface area contributed by atoms with Gasteiger partial charge in [-0.1, -0.05) is 24.3 Å². The number of morpholine rings is 1. The molecule has 5 rings (SSSR count). The van der Waals surface area contributed by atoms with Crippen LogP contribution >= 0.6 is 0 Å². The van der Waals surface area contributed by atoms with Crippen LogP contribution in [0.3, 0.4) is 0 Å². The van der Waals surface area contributed by atoms with Crippen LogP contribution in [0.15, 0.2) is 77.7 Å². The molecule has 1 N–H and O–H groups in total. The number of rotatable bonds is 5. The van der Waals surface area contributed by atoms with E-state index < -0.39 is 0 Å². The molecule has 1 aliphatic rings. The van der Waals surface area contributed by atoms with Crippen LogP contribution in [-0.4, -0.2) is 42.1 Å². The number of aromatic nitrogens is 1. The molecule has 1 unspecified atom stereocenters. The zero-order valence-corrected chi connectivity index (χ0v) is 19.6. The summed E-state index contributed by atoms with van der Waals surface area (Å²) in [6, 6.07) is 23.4. The molecule has 1 saturated heterocycles. The molecule has 0 amide bonds. The van der Waals surface area contributed by atoms with Crippen molar-refractivity contribution in [1.29, 1.82) is 5.26 Å². The number of nitriles is 1. The molecule has 0 spiro atoms. The van der Waals surface area contributed by atoms with Gasteiger partial charge in [-0.05, 0) is 77.9 Å². The van der Waals surface area contributed by atoms with Gasteiger partial charge in [0, 0.05) is 42.7 Å². The van der Waals surface area contributed by atoms with Gasteiger partial charge in [0.1, 0.15) is 0 Å². The van der Waals surface area contributed by atoms with Crippen LogP contribution in [0.5, 0.6) is 0 Å². The Hall–Kier alpha value is -3.92. The standard InChI is InChI=1S/C29H27N3O3/c1-20-18-32(24-11-9-23(10-12-24)31-14-16-35-25(19-31)13-15-33)29(34)27-4-2-3-26(28(20)27)22-7-5-21(17-30)6-8-22/h2-12,18,25,33H,13-16,19H2,1H3. The molecular weight excluding hydrogens is 438 g/mol. The molecule has 0 bridgehead atoms. The lowest BCUT2D eigenvalue weighted by Crippen LogP contribution is -2.42. The summed E-state index contributed by atoms with van der Waals surface area (Å²) < 4.78 is 7.43. The molecule has 6 nitrogen and oxygen atoms in total. The summed E-state index contributed by atoms with van der Waals surface area (Å²) in [5, 5.41) is 19.9. The fourth-order valence-corrected chi connectivity index (χ4v) is 4.86. The zero-order chi connectivity index (χ0) is 24.4. The number of aliphatic hydroxyl groups is 1. The second-order valence-corrected chi connectivity index (χ2v) is 8.87. The second-order valence-electron chi connectivity index (χ2n) is 8.87. The van der Waals surface area contributed by atoms with E-state index in [2.05, 4.69) is 11.0 Å². The Morgan fingerprint density at radius 1 is 1.06 bits per heavy atom. The third-order valence-corrected chi connectivity index (χ3v) is 6.64. The first-order chi connectivity index (χ1) is 17.1. The van der Waals surface area contributed by atoms with E-state index >= 15 is 0 Å². The highest BCUT2D eigenvalue weighted by Gasteiger charge is 2.20. The number of aliphatic hydroxyl groups excluding tert-OH is 1. The molecule has 1 aromatic heterocycles. The van der Waals surface area contributed by atoms with Gasteiger partial charge >= 0.3 is 0 Å². The minimum Gasteiger partial charge on any atom is -0.396 e. The van der Waals surface area contributed by atoms with E-state index in [1.54, 1.807) is 16.7 Å². The Kier molecular flexibility index (Phi) is 6.37. The van der Waals surface area contributed by atoms with Crippen molar-refractivity contribution < 1.29 is 9.84 Å². The van der Waals surface area contributed by atoms with Gasteiger partial charge in [0.2, 0.25) is 0 Å². The molecule has 0 aliphatic carbocycles. The SMILES string of the molecule is Cc1cn(-c2ccc(N3CCOC(CCO)C3)cc2)c(=O)c2cccc(-c3ccc(C#N)cc3)c12. The summed E-state index contributed by atoms with van der Waals surface area (Å²) >= 11 is 0. The van der Waals surface area contributed by atoms with Crippen molar-refractivity contribution in [2.45, 2.75) is 19.4 Å². The number of aryl methyl sites for hydroxylation is 1. The average molecular weight is 466 g/mol. The lowest BCUT2D eigenvalue weighted by atomic mass is 9.96. The number of nitrogens with zero attached hydrogens (tertiary/aromatic N) is 3. The normalized spacial score (nSPS) is 15.8. The highest BCUT2D eigenvalue weighted by Crippen LogP contribution is 2.30. The molecule has 0 radical (unpaired) electrons. The number of benzene rings is 3. The Morgan fingerprint density at radius 3 is 2.51 bits per heavy atom. The van der Waals surface area contributed by atoms with Gasteiger partial charge in [0.15, 0.2) is 0 Å². The number of anilines is 1. The van der Waals surface area contributed by atoms with Crippen molar-refractivity contribution in [3.05, 3.63) is 94.4 Å². The maximum atomic E-state index is 13.5. The van der Waals surface area contributed by atoms with Crippen molar-refractivity contribution in [3.63, 3.8) is 0 Å². The highest BCUT2D eigenvalue weighted by molar-refractivity contribution is 5.98. The lowest BCUT2D eigenvalue weighted by Gasteiger charge is -2.34. The summed E-state index contributed by atoms with van der Waals surface area (Å²) in [6.45, 7) is 4.32. The Bertz CT molecular complexity index is 1450. The van der Waals surface area contributed by atoms with Crippen molar-refractivity contribution in [3.8, 4) is 22.9 Å². The first-order valence-electron chi connectivity index (χ1n) is 11.8. The topological polar surface area (TPSA) is 78.5 Å². The smallest absolute Gasteiger partial charge is 0.262 e. The van der Waals surface area contributed by atoms with E-state index in [0.29, 0.717) is 24.0 Å². The quantitative estimate of drug-likeness (QED) is 0.472. The van der Waals surface area contributed by atoms with Crippen LogP contribution < -0.4 is 10.5 Å².